The minimum Gasteiger partial charge on any atom is -0.326 e. The second-order valence-electron chi connectivity index (χ2n) is 7.48. The second-order valence-corrected chi connectivity index (χ2v) is 10.6. The van der Waals surface area contributed by atoms with Crippen molar-refractivity contribution < 1.29 is 9.59 Å². The Kier molecular flexibility index (Phi) is 7.07. The third-order valence-electron chi connectivity index (χ3n) is 5.14. The number of hydrogen-bond donors (Lipinski definition) is 2. The quantitative estimate of drug-likeness (QED) is 0.309. The van der Waals surface area contributed by atoms with Gasteiger partial charge in [-0.2, -0.15) is 0 Å². The van der Waals surface area contributed by atoms with Crippen LogP contribution in [0.4, 0.5) is 11.4 Å². The van der Waals surface area contributed by atoms with Crippen molar-refractivity contribution in [3.8, 4) is 0 Å². The van der Waals surface area contributed by atoms with E-state index in [2.05, 4.69) is 10.6 Å². The Morgan fingerprint density at radius 1 is 0.758 bits per heavy atom. The maximum absolute atomic E-state index is 12.9. The second kappa shape index (κ2) is 9.53. The van der Waals surface area contributed by atoms with E-state index in [9.17, 15) is 9.59 Å². The Labute approximate surface area is 220 Å². The molecule has 10 heteroatoms. The normalized spacial score (nSPS) is 18.5. The van der Waals surface area contributed by atoms with Gasteiger partial charge in [0.1, 0.15) is 4.33 Å². The Balaban J connectivity index is 1.51. The third kappa shape index (κ3) is 5.37. The molecular formula is C23H14Cl6N2O2. The molecule has 2 unspecified atom stereocenters. The van der Waals surface area contributed by atoms with Crippen LogP contribution < -0.4 is 10.6 Å². The Morgan fingerprint density at radius 2 is 1.42 bits per heavy atom. The lowest BCUT2D eigenvalue weighted by molar-refractivity contribution is -0.117. The van der Waals surface area contributed by atoms with Gasteiger partial charge in [0.15, 0.2) is 0 Å². The first kappa shape index (κ1) is 24.5. The van der Waals surface area contributed by atoms with Gasteiger partial charge in [0.05, 0.1) is 16.5 Å². The van der Waals surface area contributed by atoms with Gasteiger partial charge in [-0.3, -0.25) is 9.59 Å². The van der Waals surface area contributed by atoms with E-state index in [1.165, 1.54) is 12.1 Å². The van der Waals surface area contributed by atoms with E-state index in [1.54, 1.807) is 48.5 Å². The summed E-state index contributed by atoms with van der Waals surface area (Å²) in [6, 6.07) is 16.2. The van der Waals surface area contributed by atoms with E-state index in [0.717, 1.165) is 0 Å². The summed E-state index contributed by atoms with van der Waals surface area (Å²) in [6.45, 7) is 0. The minimum atomic E-state index is -1.32. The van der Waals surface area contributed by atoms with Gasteiger partial charge in [0.2, 0.25) is 5.91 Å². The zero-order valence-corrected chi connectivity index (χ0v) is 21.0. The topological polar surface area (TPSA) is 58.2 Å². The number of nitrogens with one attached hydrogen (secondary N) is 2. The number of rotatable bonds is 5. The molecule has 0 saturated heterocycles. The van der Waals surface area contributed by atoms with Crippen molar-refractivity contribution in [3.63, 3.8) is 0 Å². The Bertz CT molecular complexity index is 1240. The maximum Gasteiger partial charge on any atom is 0.257 e. The Hall–Kier alpha value is -1.66. The van der Waals surface area contributed by atoms with Crippen molar-refractivity contribution in [2.45, 2.75) is 10.3 Å². The van der Waals surface area contributed by atoms with Crippen LogP contribution in [0.1, 0.15) is 21.8 Å². The van der Waals surface area contributed by atoms with Crippen LogP contribution in [0.25, 0.3) is 0 Å². The number of carbonyl (C=O) groups is 2. The number of hydrogen-bond acceptors (Lipinski definition) is 2. The molecule has 0 spiro atoms. The van der Waals surface area contributed by atoms with E-state index < -0.39 is 28.0 Å². The molecule has 1 saturated carbocycles. The SMILES string of the molecule is O=C(Nc1cccc(Cl)c1)c1cc(NC(=O)C2C(c3cc(Cl)cc(Cl)c3)C2(Cl)Cl)ccc1Cl. The van der Waals surface area contributed by atoms with Crippen LogP contribution >= 0.6 is 69.6 Å². The van der Waals surface area contributed by atoms with Crippen LogP contribution in [0, 0.1) is 5.92 Å². The monoisotopic (exact) mass is 560 g/mol. The summed E-state index contributed by atoms with van der Waals surface area (Å²) in [6.07, 6.45) is 0. The van der Waals surface area contributed by atoms with Gasteiger partial charge in [-0.15, -0.1) is 23.2 Å². The van der Waals surface area contributed by atoms with Crippen molar-refractivity contribution in [1.82, 2.24) is 0 Å². The third-order valence-corrected chi connectivity index (χ3v) is 7.08. The highest BCUT2D eigenvalue weighted by Gasteiger charge is 2.67. The van der Waals surface area contributed by atoms with Crippen LogP contribution in [-0.2, 0) is 4.79 Å². The molecule has 1 fully saturated rings. The van der Waals surface area contributed by atoms with Gasteiger partial charge in [0, 0.05) is 32.4 Å². The molecule has 2 N–H and O–H groups in total. The first-order chi connectivity index (χ1) is 15.6. The van der Waals surface area contributed by atoms with Gasteiger partial charge in [-0.1, -0.05) is 52.5 Å². The van der Waals surface area contributed by atoms with Crippen LogP contribution in [0.15, 0.2) is 60.7 Å². The summed E-state index contributed by atoms with van der Waals surface area (Å²) in [5.74, 6) is -2.10. The standard InChI is InChI=1S/C23H14Cl6N2O2/c24-12-2-1-3-15(9-12)30-21(32)17-10-16(4-5-18(17)27)31-22(33)20-19(23(20,28)29)11-6-13(25)8-14(26)7-11/h1-10,19-20H,(H,30,32)(H,31,33). The summed E-state index contributed by atoms with van der Waals surface area (Å²) in [7, 11) is 0. The lowest BCUT2D eigenvalue weighted by Crippen LogP contribution is -2.18. The predicted octanol–water partition coefficient (Wildman–Crippen LogP) is 8.08. The predicted molar refractivity (Wildman–Crippen MR) is 137 cm³/mol. The maximum atomic E-state index is 12.9. The van der Waals surface area contributed by atoms with Gasteiger partial charge in [-0.05, 0) is 60.2 Å². The molecule has 33 heavy (non-hydrogen) atoms. The molecule has 3 aromatic rings. The van der Waals surface area contributed by atoms with E-state index in [0.29, 0.717) is 32.0 Å². The number of halogens is 6. The molecule has 2 atom stereocenters. The highest BCUT2D eigenvalue weighted by Crippen LogP contribution is 2.65. The highest BCUT2D eigenvalue weighted by molar-refractivity contribution is 6.53. The molecule has 2 amide bonds. The molecule has 0 aliphatic heterocycles. The van der Waals surface area contributed by atoms with E-state index >= 15 is 0 Å². The highest BCUT2D eigenvalue weighted by atomic mass is 35.5. The van der Waals surface area contributed by atoms with E-state index in [1.807, 2.05) is 0 Å². The summed E-state index contributed by atoms with van der Waals surface area (Å²) >= 11 is 37.1. The summed E-state index contributed by atoms with van der Waals surface area (Å²) in [5.41, 5.74) is 1.70. The molecule has 1 aliphatic rings. The van der Waals surface area contributed by atoms with E-state index in [4.69, 9.17) is 69.6 Å². The van der Waals surface area contributed by atoms with Crippen molar-refractivity contribution in [2.75, 3.05) is 10.6 Å². The van der Waals surface area contributed by atoms with Crippen LogP contribution in [0.5, 0.6) is 0 Å². The summed E-state index contributed by atoms with van der Waals surface area (Å²) in [4.78, 5) is 25.7. The van der Waals surface area contributed by atoms with Crippen LogP contribution in [-0.4, -0.2) is 16.1 Å². The number of amides is 2. The van der Waals surface area contributed by atoms with Crippen LogP contribution in [0.2, 0.25) is 20.1 Å². The van der Waals surface area contributed by atoms with Crippen molar-refractivity contribution >= 4 is 92.8 Å². The number of benzene rings is 3. The lowest BCUT2D eigenvalue weighted by atomic mass is 10.1. The summed E-state index contributed by atoms with van der Waals surface area (Å²) < 4.78 is -1.32. The fourth-order valence-electron chi connectivity index (χ4n) is 3.58. The molecular weight excluding hydrogens is 549 g/mol. The number of anilines is 2. The van der Waals surface area contributed by atoms with E-state index in [-0.39, 0.29) is 10.6 Å². The molecule has 1 aliphatic carbocycles. The van der Waals surface area contributed by atoms with Crippen molar-refractivity contribution in [1.29, 1.82) is 0 Å². The molecule has 0 heterocycles. The summed E-state index contributed by atoms with van der Waals surface area (Å²) in [5, 5.41) is 7.00. The zero-order valence-electron chi connectivity index (χ0n) is 16.5. The zero-order chi connectivity index (χ0) is 23.9. The Morgan fingerprint density at radius 3 is 2.09 bits per heavy atom. The first-order valence-electron chi connectivity index (χ1n) is 9.57. The lowest BCUT2D eigenvalue weighted by Gasteiger charge is -2.10. The molecule has 3 aromatic carbocycles. The molecule has 0 bridgehead atoms. The van der Waals surface area contributed by atoms with Crippen molar-refractivity contribution in [3.05, 3.63) is 91.9 Å². The average Bonchev–Trinajstić information content (AvgIpc) is 3.31. The van der Waals surface area contributed by atoms with Crippen molar-refractivity contribution in [2.24, 2.45) is 5.92 Å². The number of carbonyl (C=O) groups excluding carboxylic acids is 2. The number of alkyl halides is 2. The first-order valence-corrected chi connectivity index (χ1v) is 11.8. The molecule has 0 radical (unpaired) electrons. The van der Waals surface area contributed by atoms with Gasteiger partial charge < -0.3 is 10.6 Å². The average molecular weight is 563 g/mol. The molecule has 4 rings (SSSR count). The molecule has 4 nitrogen and oxygen atoms in total. The van der Waals surface area contributed by atoms with Gasteiger partial charge >= 0.3 is 0 Å². The fourth-order valence-corrected chi connectivity index (χ4v) is 5.35. The minimum absolute atomic E-state index is 0.173. The van der Waals surface area contributed by atoms with Gasteiger partial charge in [-0.25, -0.2) is 0 Å². The fraction of sp³-hybridized carbons (Fsp3) is 0.130. The molecule has 170 valence electrons. The smallest absolute Gasteiger partial charge is 0.257 e. The van der Waals surface area contributed by atoms with Crippen LogP contribution in [0.3, 0.4) is 0 Å². The largest absolute Gasteiger partial charge is 0.326 e. The van der Waals surface area contributed by atoms with Gasteiger partial charge in [0.25, 0.3) is 5.91 Å². The molecule has 0 aromatic heterocycles.